The first kappa shape index (κ1) is 18.0. The lowest BCUT2D eigenvalue weighted by Gasteiger charge is -2.13. The number of aliphatic hydroxyl groups excluding tert-OH is 2. The van der Waals surface area contributed by atoms with E-state index >= 15 is 0 Å². The van der Waals surface area contributed by atoms with Crippen LogP contribution in [0.1, 0.15) is 18.2 Å². The van der Waals surface area contributed by atoms with E-state index in [2.05, 4.69) is 37.4 Å². The Bertz CT molecular complexity index is 1140. The van der Waals surface area contributed by atoms with Gasteiger partial charge in [0.1, 0.15) is 18.7 Å². The van der Waals surface area contributed by atoms with Crippen LogP contribution in [0.4, 0.5) is 5.82 Å². The summed E-state index contributed by atoms with van der Waals surface area (Å²) in [5.74, 6) is 0.658. The molecule has 0 bridgehead atoms. The highest BCUT2D eigenvalue weighted by atomic mass is 16.5. The fourth-order valence-electron chi connectivity index (χ4n) is 3.90. The first-order valence-electron chi connectivity index (χ1n) is 9.65. The number of nitrogens with one attached hydrogen (secondary N) is 2. The summed E-state index contributed by atoms with van der Waals surface area (Å²) in [4.78, 5) is 16.4. The molecule has 1 aromatic carbocycles. The van der Waals surface area contributed by atoms with Crippen molar-refractivity contribution >= 4 is 27.9 Å². The lowest BCUT2D eigenvalue weighted by molar-refractivity contribution is -0.0432. The number of benzene rings is 1. The van der Waals surface area contributed by atoms with E-state index < -0.39 is 18.4 Å². The zero-order chi connectivity index (χ0) is 19.8. The molecule has 0 amide bonds. The summed E-state index contributed by atoms with van der Waals surface area (Å²) in [6.45, 7) is 0.478. The molecule has 0 unspecified atom stereocenters. The minimum Gasteiger partial charge on any atom is -0.394 e. The molecular formula is C20H22N6O3. The first-order valence-corrected chi connectivity index (χ1v) is 9.65. The zero-order valence-corrected chi connectivity index (χ0v) is 15.7. The number of fused-ring (bicyclic) bond motifs is 2. The Balaban J connectivity index is 1.33. The molecule has 4 aromatic rings. The number of rotatable bonds is 6. The number of hydrogen-bond donors (Lipinski definition) is 4. The Morgan fingerprint density at radius 2 is 2.14 bits per heavy atom. The molecule has 0 radical (unpaired) electrons. The molecule has 9 nitrogen and oxygen atoms in total. The molecular weight excluding hydrogens is 372 g/mol. The van der Waals surface area contributed by atoms with Crippen LogP contribution in [-0.2, 0) is 11.2 Å². The van der Waals surface area contributed by atoms with Crippen LogP contribution in [-0.4, -0.2) is 60.1 Å². The highest BCUT2D eigenvalue weighted by Gasteiger charge is 2.35. The molecule has 9 heteroatoms. The van der Waals surface area contributed by atoms with Gasteiger partial charge < -0.3 is 25.3 Å². The lowest BCUT2D eigenvalue weighted by Crippen LogP contribution is -2.24. The van der Waals surface area contributed by atoms with Crippen LogP contribution in [0.25, 0.3) is 22.1 Å². The van der Waals surface area contributed by atoms with Gasteiger partial charge in [-0.25, -0.2) is 15.0 Å². The monoisotopic (exact) mass is 394 g/mol. The third-order valence-corrected chi connectivity index (χ3v) is 5.41. The fourth-order valence-corrected chi connectivity index (χ4v) is 3.90. The van der Waals surface area contributed by atoms with Gasteiger partial charge in [-0.1, -0.05) is 18.2 Å². The van der Waals surface area contributed by atoms with Crippen molar-refractivity contribution in [3.63, 3.8) is 0 Å². The van der Waals surface area contributed by atoms with Crippen LogP contribution in [0.15, 0.2) is 43.1 Å². The number of aromatic amines is 1. The predicted octanol–water partition coefficient (Wildman–Crippen LogP) is 1.60. The number of hydrogen-bond acceptors (Lipinski definition) is 7. The quantitative estimate of drug-likeness (QED) is 0.392. The van der Waals surface area contributed by atoms with Crippen LogP contribution < -0.4 is 5.32 Å². The molecule has 3 atom stereocenters. The zero-order valence-electron chi connectivity index (χ0n) is 15.7. The van der Waals surface area contributed by atoms with Crippen LogP contribution in [0.3, 0.4) is 0 Å². The summed E-state index contributed by atoms with van der Waals surface area (Å²) in [6.07, 6.45) is 4.67. The van der Waals surface area contributed by atoms with Gasteiger partial charge in [0.2, 0.25) is 0 Å². The van der Waals surface area contributed by atoms with E-state index in [1.165, 1.54) is 17.3 Å². The molecule has 0 aliphatic carbocycles. The van der Waals surface area contributed by atoms with Crippen molar-refractivity contribution in [3.8, 4) is 0 Å². The second kappa shape index (κ2) is 7.43. The molecule has 1 aliphatic rings. The standard InChI is InChI=1S/C20H22N6O3/c27-9-16-15(28)7-17(29-16)26-11-25-18-19(23-10-24-20(18)26)21-6-5-12-8-22-14-4-2-1-3-13(12)14/h1-4,8,10-11,15-17,22,27-28H,5-7,9H2,(H,21,23,24)/t15-,16-,17-/m1/s1. The minimum absolute atomic E-state index is 0.222. The highest BCUT2D eigenvalue weighted by Crippen LogP contribution is 2.31. The Morgan fingerprint density at radius 1 is 1.24 bits per heavy atom. The van der Waals surface area contributed by atoms with Gasteiger partial charge in [-0.05, 0) is 18.1 Å². The van der Waals surface area contributed by atoms with Crippen LogP contribution in [0.2, 0.25) is 0 Å². The summed E-state index contributed by atoms with van der Waals surface area (Å²) < 4.78 is 7.50. The molecule has 4 N–H and O–H groups in total. The second-order valence-corrected chi connectivity index (χ2v) is 7.20. The van der Waals surface area contributed by atoms with E-state index in [0.717, 1.165) is 11.9 Å². The predicted molar refractivity (Wildman–Crippen MR) is 107 cm³/mol. The minimum atomic E-state index is -0.710. The lowest BCUT2D eigenvalue weighted by atomic mass is 10.1. The molecule has 0 spiro atoms. The number of ether oxygens (including phenoxy) is 1. The summed E-state index contributed by atoms with van der Waals surface area (Å²) in [6, 6.07) is 8.24. The second-order valence-electron chi connectivity index (χ2n) is 7.20. The number of aliphatic hydroxyl groups is 2. The molecule has 1 saturated heterocycles. The van der Waals surface area contributed by atoms with Crippen molar-refractivity contribution in [2.75, 3.05) is 18.5 Å². The van der Waals surface area contributed by atoms with E-state index in [1.807, 2.05) is 18.3 Å². The number of anilines is 1. The Kier molecular flexibility index (Phi) is 4.62. The Morgan fingerprint density at radius 3 is 3.00 bits per heavy atom. The smallest absolute Gasteiger partial charge is 0.167 e. The van der Waals surface area contributed by atoms with E-state index in [1.54, 1.807) is 10.9 Å². The largest absolute Gasteiger partial charge is 0.394 e. The maximum absolute atomic E-state index is 10.0. The average Bonchev–Trinajstić information content (AvgIpc) is 3.45. The van der Waals surface area contributed by atoms with E-state index in [-0.39, 0.29) is 6.61 Å². The van der Waals surface area contributed by atoms with E-state index in [0.29, 0.717) is 29.9 Å². The molecule has 5 rings (SSSR count). The van der Waals surface area contributed by atoms with Crippen molar-refractivity contribution in [1.82, 2.24) is 24.5 Å². The summed E-state index contributed by atoms with van der Waals surface area (Å²) in [5.41, 5.74) is 3.65. The summed E-state index contributed by atoms with van der Waals surface area (Å²) in [5, 5.41) is 23.9. The van der Waals surface area contributed by atoms with Gasteiger partial charge in [0, 0.05) is 30.1 Å². The SMILES string of the molecule is OC[C@H]1O[C@@H](n2cnc3c(NCCc4c[nH]c5ccccc45)ncnc32)C[C@H]1O. The molecule has 29 heavy (non-hydrogen) atoms. The van der Waals surface area contributed by atoms with Crippen LogP contribution >= 0.6 is 0 Å². The summed E-state index contributed by atoms with van der Waals surface area (Å²) in [7, 11) is 0. The van der Waals surface area contributed by atoms with Crippen molar-refractivity contribution < 1.29 is 14.9 Å². The van der Waals surface area contributed by atoms with Gasteiger partial charge in [-0.2, -0.15) is 0 Å². The van der Waals surface area contributed by atoms with Crippen molar-refractivity contribution in [3.05, 3.63) is 48.7 Å². The molecule has 1 fully saturated rings. The van der Waals surface area contributed by atoms with Crippen molar-refractivity contribution in [2.24, 2.45) is 0 Å². The first-order chi connectivity index (χ1) is 14.2. The normalized spacial score (nSPS) is 21.9. The maximum Gasteiger partial charge on any atom is 0.167 e. The van der Waals surface area contributed by atoms with Gasteiger partial charge in [0.15, 0.2) is 17.0 Å². The highest BCUT2D eigenvalue weighted by molar-refractivity contribution is 5.84. The van der Waals surface area contributed by atoms with Crippen LogP contribution in [0, 0.1) is 0 Å². The van der Waals surface area contributed by atoms with Gasteiger partial charge in [-0.15, -0.1) is 0 Å². The van der Waals surface area contributed by atoms with Gasteiger partial charge in [0.25, 0.3) is 0 Å². The molecule has 0 saturated carbocycles. The Hall–Kier alpha value is -3.01. The maximum atomic E-state index is 10.0. The number of aromatic nitrogens is 5. The van der Waals surface area contributed by atoms with Gasteiger partial charge in [0.05, 0.1) is 19.0 Å². The fraction of sp³-hybridized carbons (Fsp3) is 0.350. The topological polar surface area (TPSA) is 121 Å². The van der Waals surface area contributed by atoms with Crippen molar-refractivity contribution in [1.29, 1.82) is 0 Å². The third kappa shape index (κ3) is 3.23. The number of imidazole rings is 1. The average molecular weight is 394 g/mol. The van der Waals surface area contributed by atoms with Crippen molar-refractivity contribution in [2.45, 2.75) is 31.3 Å². The number of para-hydroxylation sites is 1. The summed E-state index contributed by atoms with van der Waals surface area (Å²) >= 11 is 0. The van der Waals surface area contributed by atoms with Gasteiger partial charge in [-0.3, -0.25) is 4.57 Å². The third-order valence-electron chi connectivity index (χ3n) is 5.41. The van der Waals surface area contributed by atoms with Gasteiger partial charge >= 0.3 is 0 Å². The van der Waals surface area contributed by atoms with E-state index in [9.17, 15) is 10.2 Å². The number of H-pyrrole nitrogens is 1. The molecule has 1 aliphatic heterocycles. The molecule has 150 valence electrons. The van der Waals surface area contributed by atoms with Crippen LogP contribution in [0.5, 0.6) is 0 Å². The Labute approximate surface area is 166 Å². The molecule has 4 heterocycles. The van der Waals surface area contributed by atoms with E-state index in [4.69, 9.17) is 4.74 Å². The molecule has 3 aromatic heterocycles. The number of nitrogens with zero attached hydrogens (tertiary/aromatic N) is 4.